The van der Waals surface area contributed by atoms with Crippen LogP contribution in [0.2, 0.25) is 0 Å². The summed E-state index contributed by atoms with van der Waals surface area (Å²) in [6.45, 7) is 1.83. The van der Waals surface area contributed by atoms with Gasteiger partial charge in [0.05, 0.1) is 26.1 Å². The van der Waals surface area contributed by atoms with Gasteiger partial charge in [0.2, 0.25) is 11.8 Å². The number of hydrogen-bond donors (Lipinski definition) is 0. The van der Waals surface area contributed by atoms with Crippen molar-refractivity contribution in [1.29, 1.82) is 0 Å². The predicted molar refractivity (Wildman–Crippen MR) is 124 cm³/mol. The van der Waals surface area contributed by atoms with Crippen LogP contribution in [0.25, 0.3) is 0 Å². The van der Waals surface area contributed by atoms with Crippen LogP contribution >= 0.6 is 11.3 Å². The standard InChI is InChI=1S/C25H28N2O3S/c1-30-15-14-26(24(28)17-21-9-4-2-5-10-21)20-25(29)27(19-23-13-8-16-31-23)18-22-11-6-3-7-12-22/h2-13,16H,14-15,17-20H2,1H3. The van der Waals surface area contributed by atoms with Gasteiger partial charge >= 0.3 is 0 Å². The molecule has 0 aliphatic heterocycles. The van der Waals surface area contributed by atoms with Crippen LogP contribution in [0.5, 0.6) is 0 Å². The Morgan fingerprint density at radius 2 is 1.48 bits per heavy atom. The molecule has 3 aromatic rings. The first kappa shape index (κ1) is 22.7. The summed E-state index contributed by atoms with van der Waals surface area (Å²) in [7, 11) is 1.60. The molecule has 0 aliphatic rings. The predicted octanol–water partition coefficient (Wildman–Crippen LogP) is 3.99. The first-order valence-electron chi connectivity index (χ1n) is 10.3. The molecule has 0 saturated heterocycles. The summed E-state index contributed by atoms with van der Waals surface area (Å²) in [5.41, 5.74) is 1.99. The molecule has 2 aromatic carbocycles. The molecule has 31 heavy (non-hydrogen) atoms. The van der Waals surface area contributed by atoms with E-state index in [2.05, 4.69) is 0 Å². The third kappa shape index (κ3) is 7.35. The molecule has 1 heterocycles. The van der Waals surface area contributed by atoms with Crippen molar-refractivity contribution in [3.05, 3.63) is 94.2 Å². The lowest BCUT2D eigenvalue weighted by molar-refractivity contribution is -0.141. The van der Waals surface area contributed by atoms with Crippen LogP contribution in [0.1, 0.15) is 16.0 Å². The first-order valence-corrected chi connectivity index (χ1v) is 11.2. The Morgan fingerprint density at radius 3 is 2.10 bits per heavy atom. The van der Waals surface area contributed by atoms with Gasteiger partial charge in [0, 0.05) is 25.1 Å². The Morgan fingerprint density at radius 1 is 0.806 bits per heavy atom. The summed E-state index contributed by atoms with van der Waals surface area (Å²) >= 11 is 1.63. The van der Waals surface area contributed by atoms with Crippen molar-refractivity contribution in [1.82, 2.24) is 9.80 Å². The number of carbonyl (C=O) groups excluding carboxylic acids is 2. The van der Waals surface area contributed by atoms with Crippen LogP contribution in [0.3, 0.4) is 0 Å². The minimum absolute atomic E-state index is 0.0350. The van der Waals surface area contributed by atoms with E-state index in [-0.39, 0.29) is 24.8 Å². The average molecular weight is 437 g/mol. The number of amides is 2. The zero-order valence-electron chi connectivity index (χ0n) is 17.8. The van der Waals surface area contributed by atoms with Crippen LogP contribution in [-0.2, 0) is 33.8 Å². The number of rotatable bonds is 11. The molecule has 3 rings (SSSR count). The summed E-state index contributed by atoms with van der Waals surface area (Å²) in [4.78, 5) is 30.8. The van der Waals surface area contributed by atoms with E-state index < -0.39 is 0 Å². The molecular weight excluding hydrogens is 408 g/mol. The topological polar surface area (TPSA) is 49.9 Å². The summed E-state index contributed by atoms with van der Waals surface area (Å²) < 4.78 is 5.18. The molecule has 0 spiro atoms. The quantitative estimate of drug-likeness (QED) is 0.457. The Labute approximate surface area is 187 Å². The fourth-order valence-corrected chi connectivity index (χ4v) is 3.99. The van der Waals surface area contributed by atoms with Crippen LogP contribution < -0.4 is 0 Å². The smallest absolute Gasteiger partial charge is 0.242 e. The largest absolute Gasteiger partial charge is 0.383 e. The van der Waals surface area contributed by atoms with E-state index in [9.17, 15) is 9.59 Å². The molecular formula is C25H28N2O3S. The van der Waals surface area contributed by atoms with Gasteiger partial charge in [0.25, 0.3) is 0 Å². The molecule has 0 saturated carbocycles. The minimum Gasteiger partial charge on any atom is -0.383 e. The van der Waals surface area contributed by atoms with Crippen molar-refractivity contribution in [2.75, 3.05) is 26.8 Å². The zero-order chi connectivity index (χ0) is 21.9. The highest BCUT2D eigenvalue weighted by molar-refractivity contribution is 7.09. The lowest BCUT2D eigenvalue weighted by atomic mass is 10.1. The molecule has 0 unspecified atom stereocenters. The lowest BCUT2D eigenvalue weighted by Gasteiger charge is -2.27. The Kier molecular flexibility index (Phi) is 8.82. The molecule has 0 atom stereocenters. The number of thiophene rings is 1. The van der Waals surface area contributed by atoms with Crippen LogP contribution in [-0.4, -0.2) is 48.4 Å². The fourth-order valence-electron chi connectivity index (χ4n) is 3.27. The fraction of sp³-hybridized carbons (Fsp3) is 0.280. The highest BCUT2D eigenvalue weighted by Gasteiger charge is 2.22. The normalized spacial score (nSPS) is 10.6. The lowest BCUT2D eigenvalue weighted by Crippen LogP contribution is -2.44. The van der Waals surface area contributed by atoms with Gasteiger partial charge in [-0.2, -0.15) is 0 Å². The van der Waals surface area contributed by atoms with Gasteiger partial charge in [-0.25, -0.2) is 0 Å². The Bertz CT molecular complexity index is 930. The third-order valence-electron chi connectivity index (χ3n) is 4.94. The van der Waals surface area contributed by atoms with Crippen LogP contribution in [0.15, 0.2) is 78.2 Å². The van der Waals surface area contributed by atoms with Gasteiger partial charge in [-0.15, -0.1) is 11.3 Å². The van der Waals surface area contributed by atoms with Gasteiger partial charge in [0.15, 0.2) is 0 Å². The molecule has 6 heteroatoms. The second-order valence-electron chi connectivity index (χ2n) is 7.29. The SMILES string of the molecule is COCCN(CC(=O)N(Cc1ccccc1)Cc1cccs1)C(=O)Cc1ccccc1. The van der Waals surface area contributed by atoms with E-state index in [0.717, 1.165) is 16.0 Å². The monoisotopic (exact) mass is 436 g/mol. The summed E-state index contributed by atoms with van der Waals surface area (Å²) in [5.74, 6) is -0.151. The van der Waals surface area contributed by atoms with Crippen LogP contribution in [0, 0.1) is 0 Å². The van der Waals surface area contributed by atoms with Crippen molar-refractivity contribution < 1.29 is 14.3 Å². The maximum Gasteiger partial charge on any atom is 0.242 e. The van der Waals surface area contributed by atoms with Crippen LogP contribution in [0.4, 0.5) is 0 Å². The van der Waals surface area contributed by atoms with Crippen molar-refractivity contribution in [3.8, 4) is 0 Å². The molecule has 1 aromatic heterocycles. The molecule has 0 fully saturated rings. The van der Waals surface area contributed by atoms with Gasteiger partial charge in [-0.3, -0.25) is 9.59 Å². The van der Waals surface area contributed by atoms with Gasteiger partial charge in [-0.05, 0) is 22.6 Å². The Hall–Kier alpha value is -2.96. The number of methoxy groups -OCH3 is 1. The highest BCUT2D eigenvalue weighted by atomic mass is 32.1. The van der Waals surface area contributed by atoms with E-state index in [4.69, 9.17) is 4.74 Å². The van der Waals surface area contributed by atoms with E-state index in [1.165, 1.54) is 0 Å². The van der Waals surface area contributed by atoms with Gasteiger partial charge in [0.1, 0.15) is 0 Å². The molecule has 0 bridgehead atoms. The molecule has 0 radical (unpaired) electrons. The summed E-state index contributed by atoms with van der Waals surface area (Å²) in [5, 5.41) is 2.01. The number of benzene rings is 2. The van der Waals surface area contributed by atoms with Crippen molar-refractivity contribution in [3.63, 3.8) is 0 Å². The number of nitrogens with zero attached hydrogens (tertiary/aromatic N) is 2. The molecule has 0 aliphatic carbocycles. The Balaban J connectivity index is 1.72. The van der Waals surface area contributed by atoms with Gasteiger partial charge < -0.3 is 14.5 Å². The van der Waals surface area contributed by atoms with E-state index in [1.54, 1.807) is 23.3 Å². The number of carbonyl (C=O) groups is 2. The third-order valence-corrected chi connectivity index (χ3v) is 5.80. The molecule has 162 valence electrons. The van der Waals surface area contributed by atoms with E-state index in [1.807, 2.05) is 83.1 Å². The number of hydrogen-bond acceptors (Lipinski definition) is 4. The zero-order valence-corrected chi connectivity index (χ0v) is 18.6. The summed E-state index contributed by atoms with van der Waals surface area (Å²) in [6, 6.07) is 23.5. The molecule has 5 nitrogen and oxygen atoms in total. The van der Waals surface area contributed by atoms with Crippen molar-refractivity contribution in [2.45, 2.75) is 19.5 Å². The number of ether oxygens (including phenoxy) is 1. The molecule has 2 amide bonds. The second-order valence-corrected chi connectivity index (χ2v) is 8.32. The maximum atomic E-state index is 13.3. The minimum atomic E-state index is -0.0765. The van der Waals surface area contributed by atoms with E-state index in [0.29, 0.717) is 26.2 Å². The first-order chi connectivity index (χ1) is 15.2. The molecule has 0 N–H and O–H groups in total. The van der Waals surface area contributed by atoms with Crippen molar-refractivity contribution in [2.24, 2.45) is 0 Å². The van der Waals surface area contributed by atoms with E-state index >= 15 is 0 Å². The average Bonchev–Trinajstić information content (AvgIpc) is 3.30. The van der Waals surface area contributed by atoms with Crippen molar-refractivity contribution >= 4 is 23.2 Å². The summed E-state index contributed by atoms with van der Waals surface area (Å²) in [6.07, 6.45) is 0.265. The maximum absolute atomic E-state index is 13.3. The second kappa shape index (κ2) is 12.0. The highest BCUT2D eigenvalue weighted by Crippen LogP contribution is 2.15. The van der Waals surface area contributed by atoms with Gasteiger partial charge in [-0.1, -0.05) is 66.7 Å².